The highest BCUT2D eigenvalue weighted by molar-refractivity contribution is 5.69. The zero-order valence-corrected chi connectivity index (χ0v) is 11.7. The van der Waals surface area contributed by atoms with Crippen LogP contribution >= 0.6 is 0 Å². The van der Waals surface area contributed by atoms with Crippen molar-refractivity contribution in [1.82, 2.24) is 5.32 Å². The van der Waals surface area contributed by atoms with Crippen LogP contribution in [0.1, 0.15) is 29.5 Å². The number of nitrogens with zero attached hydrogens (tertiary/aromatic N) is 1. The van der Waals surface area contributed by atoms with Gasteiger partial charge in [-0.2, -0.15) is 5.26 Å². The lowest BCUT2D eigenvalue weighted by Crippen LogP contribution is -2.15. The molecule has 0 spiro atoms. The van der Waals surface area contributed by atoms with Crippen molar-refractivity contribution in [1.29, 1.82) is 5.26 Å². The average molecular weight is 262 g/mol. The van der Waals surface area contributed by atoms with Gasteiger partial charge in [0, 0.05) is 12.6 Å². The van der Waals surface area contributed by atoms with Crippen LogP contribution in [0.5, 0.6) is 0 Å². The molecule has 100 valence electrons. The van der Waals surface area contributed by atoms with Crippen LogP contribution in [-0.4, -0.2) is 6.04 Å². The molecule has 0 saturated heterocycles. The molecular formula is C18H18N2. The van der Waals surface area contributed by atoms with Crippen LogP contribution in [0.25, 0.3) is 11.1 Å². The summed E-state index contributed by atoms with van der Waals surface area (Å²) in [6, 6.07) is 17.3. The monoisotopic (exact) mass is 262 g/mol. The molecule has 2 aromatic rings. The highest BCUT2D eigenvalue weighted by Crippen LogP contribution is 2.26. The fraction of sp³-hybridized carbons (Fsp3) is 0.278. The van der Waals surface area contributed by atoms with Gasteiger partial charge in [0.05, 0.1) is 11.6 Å². The van der Waals surface area contributed by atoms with E-state index in [-0.39, 0.29) is 0 Å². The second kappa shape index (κ2) is 5.48. The van der Waals surface area contributed by atoms with Crippen LogP contribution in [-0.2, 0) is 6.54 Å². The predicted octanol–water partition coefficient (Wildman–Crippen LogP) is 3.79. The summed E-state index contributed by atoms with van der Waals surface area (Å²) in [7, 11) is 0. The van der Waals surface area contributed by atoms with E-state index in [0.717, 1.165) is 18.2 Å². The smallest absolute Gasteiger partial charge is 0.0991 e. The number of benzene rings is 2. The quantitative estimate of drug-likeness (QED) is 0.910. The van der Waals surface area contributed by atoms with E-state index < -0.39 is 0 Å². The van der Waals surface area contributed by atoms with Gasteiger partial charge in [-0.05, 0) is 60.2 Å². The molecule has 2 nitrogen and oxygen atoms in total. The maximum atomic E-state index is 9.03. The Bertz CT molecular complexity index is 663. The van der Waals surface area contributed by atoms with Crippen molar-refractivity contribution in [2.75, 3.05) is 0 Å². The van der Waals surface area contributed by atoms with Gasteiger partial charge in [-0.3, -0.25) is 0 Å². The molecule has 0 radical (unpaired) electrons. The lowest BCUT2D eigenvalue weighted by Gasteiger charge is -2.10. The molecule has 1 saturated carbocycles. The molecule has 0 unspecified atom stereocenters. The molecular weight excluding hydrogens is 244 g/mol. The highest BCUT2D eigenvalue weighted by Gasteiger charge is 2.20. The summed E-state index contributed by atoms with van der Waals surface area (Å²) < 4.78 is 0. The van der Waals surface area contributed by atoms with E-state index in [1.807, 2.05) is 18.2 Å². The Morgan fingerprint density at radius 3 is 2.80 bits per heavy atom. The van der Waals surface area contributed by atoms with E-state index in [4.69, 9.17) is 5.26 Å². The van der Waals surface area contributed by atoms with Gasteiger partial charge in [0.2, 0.25) is 0 Å². The van der Waals surface area contributed by atoms with E-state index in [2.05, 4.69) is 42.6 Å². The minimum absolute atomic E-state index is 0.711. The van der Waals surface area contributed by atoms with Crippen LogP contribution < -0.4 is 5.32 Å². The number of rotatable bonds is 4. The van der Waals surface area contributed by atoms with Gasteiger partial charge in [-0.15, -0.1) is 0 Å². The number of hydrogen-bond donors (Lipinski definition) is 1. The number of nitrogens with one attached hydrogen (secondary N) is 1. The molecule has 1 aliphatic carbocycles. The van der Waals surface area contributed by atoms with Gasteiger partial charge < -0.3 is 5.32 Å². The van der Waals surface area contributed by atoms with Crippen molar-refractivity contribution in [2.24, 2.45) is 0 Å². The van der Waals surface area contributed by atoms with E-state index in [1.54, 1.807) is 0 Å². The lowest BCUT2D eigenvalue weighted by molar-refractivity contribution is 0.688. The SMILES string of the molecule is Cc1ccc(CNC2CC2)cc1-c1cccc(C#N)c1. The third kappa shape index (κ3) is 2.89. The zero-order valence-electron chi connectivity index (χ0n) is 11.7. The molecule has 2 heteroatoms. The molecule has 0 bridgehead atoms. The summed E-state index contributed by atoms with van der Waals surface area (Å²) in [5, 5.41) is 12.6. The third-order valence-electron chi connectivity index (χ3n) is 3.78. The first-order valence-corrected chi connectivity index (χ1v) is 7.10. The number of nitriles is 1. The molecule has 3 rings (SSSR count). The minimum Gasteiger partial charge on any atom is -0.310 e. The van der Waals surface area contributed by atoms with E-state index in [9.17, 15) is 0 Å². The van der Waals surface area contributed by atoms with Crippen molar-refractivity contribution in [2.45, 2.75) is 32.4 Å². The summed E-state index contributed by atoms with van der Waals surface area (Å²) >= 11 is 0. The van der Waals surface area contributed by atoms with Crippen LogP contribution in [0.3, 0.4) is 0 Å². The summed E-state index contributed by atoms with van der Waals surface area (Å²) in [6.07, 6.45) is 2.62. The first-order valence-electron chi connectivity index (χ1n) is 7.10. The van der Waals surface area contributed by atoms with Crippen molar-refractivity contribution in [3.05, 3.63) is 59.2 Å². The Labute approximate surface area is 120 Å². The Hall–Kier alpha value is -2.11. The van der Waals surface area contributed by atoms with E-state index in [1.165, 1.54) is 29.5 Å². The number of aryl methyl sites for hydroxylation is 1. The molecule has 20 heavy (non-hydrogen) atoms. The van der Waals surface area contributed by atoms with Crippen molar-refractivity contribution in [3.63, 3.8) is 0 Å². The summed E-state index contributed by atoms with van der Waals surface area (Å²) in [4.78, 5) is 0. The summed E-state index contributed by atoms with van der Waals surface area (Å²) in [6.45, 7) is 3.04. The van der Waals surface area contributed by atoms with Gasteiger partial charge in [-0.25, -0.2) is 0 Å². The fourth-order valence-electron chi connectivity index (χ4n) is 2.40. The van der Waals surface area contributed by atoms with Crippen LogP contribution in [0.4, 0.5) is 0 Å². The topological polar surface area (TPSA) is 35.8 Å². The average Bonchev–Trinajstić information content (AvgIpc) is 3.31. The molecule has 1 fully saturated rings. The normalized spacial score (nSPS) is 14.0. The molecule has 1 N–H and O–H groups in total. The van der Waals surface area contributed by atoms with Crippen LogP contribution in [0.15, 0.2) is 42.5 Å². The Kier molecular flexibility index (Phi) is 3.54. The second-order valence-electron chi connectivity index (χ2n) is 5.50. The summed E-state index contributed by atoms with van der Waals surface area (Å²) in [5.74, 6) is 0. The molecule has 0 amide bonds. The van der Waals surface area contributed by atoms with E-state index in [0.29, 0.717) is 5.56 Å². The van der Waals surface area contributed by atoms with Crippen LogP contribution in [0, 0.1) is 18.3 Å². The minimum atomic E-state index is 0.711. The molecule has 0 heterocycles. The first-order chi connectivity index (χ1) is 9.76. The second-order valence-corrected chi connectivity index (χ2v) is 5.50. The number of hydrogen-bond acceptors (Lipinski definition) is 2. The van der Waals surface area contributed by atoms with E-state index >= 15 is 0 Å². The van der Waals surface area contributed by atoms with Gasteiger partial charge in [-0.1, -0.05) is 24.3 Å². The van der Waals surface area contributed by atoms with Crippen molar-refractivity contribution >= 4 is 0 Å². The lowest BCUT2D eigenvalue weighted by atomic mass is 9.97. The summed E-state index contributed by atoms with van der Waals surface area (Å²) in [5.41, 5.74) is 5.60. The Morgan fingerprint density at radius 1 is 1.20 bits per heavy atom. The maximum absolute atomic E-state index is 9.03. The zero-order chi connectivity index (χ0) is 13.9. The molecule has 0 aromatic heterocycles. The maximum Gasteiger partial charge on any atom is 0.0991 e. The standard InChI is InChI=1S/C18H18N2/c1-13-5-6-15(12-20-17-7-8-17)10-18(13)16-4-2-3-14(9-16)11-19/h2-6,9-10,17,20H,7-8,12H2,1H3. The third-order valence-corrected chi connectivity index (χ3v) is 3.78. The van der Waals surface area contributed by atoms with Gasteiger partial charge in [0.25, 0.3) is 0 Å². The van der Waals surface area contributed by atoms with Crippen molar-refractivity contribution in [3.8, 4) is 17.2 Å². The molecule has 1 aliphatic rings. The molecule has 0 aliphatic heterocycles. The van der Waals surface area contributed by atoms with Crippen LogP contribution in [0.2, 0.25) is 0 Å². The van der Waals surface area contributed by atoms with Crippen molar-refractivity contribution < 1.29 is 0 Å². The first kappa shape index (κ1) is 12.9. The van der Waals surface area contributed by atoms with Gasteiger partial charge >= 0.3 is 0 Å². The fourth-order valence-corrected chi connectivity index (χ4v) is 2.40. The molecule has 0 atom stereocenters. The van der Waals surface area contributed by atoms with Gasteiger partial charge in [0.15, 0.2) is 0 Å². The predicted molar refractivity (Wildman–Crippen MR) is 81.2 cm³/mol. The Balaban J connectivity index is 1.90. The Morgan fingerprint density at radius 2 is 2.05 bits per heavy atom. The highest BCUT2D eigenvalue weighted by atomic mass is 14.9. The van der Waals surface area contributed by atoms with Gasteiger partial charge in [0.1, 0.15) is 0 Å². The molecule has 2 aromatic carbocycles. The largest absolute Gasteiger partial charge is 0.310 e.